The van der Waals surface area contributed by atoms with E-state index >= 15 is 0 Å². The van der Waals surface area contributed by atoms with Crippen molar-refractivity contribution in [3.8, 4) is 11.5 Å². The molecular weight excluding hydrogens is 1160 g/mol. The van der Waals surface area contributed by atoms with Crippen LogP contribution in [0.3, 0.4) is 0 Å². The Bertz CT molecular complexity index is 3220. The highest BCUT2D eigenvalue weighted by molar-refractivity contribution is 6.38. The van der Waals surface area contributed by atoms with E-state index in [-0.39, 0.29) is 70.4 Å². The molecule has 1 fully saturated rings. The van der Waals surface area contributed by atoms with Crippen LogP contribution in [0.25, 0.3) is 0 Å². The Labute approximate surface area is 534 Å². The molecule has 1 saturated heterocycles. The number of carbonyl (C=O) groups is 10. The van der Waals surface area contributed by atoms with Gasteiger partial charge >= 0.3 is 11.9 Å². The number of methoxy groups -OCH3 is 2. The summed E-state index contributed by atoms with van der Waals surface area (Å²) >= 11 is 0. The van der Waals surface area contributed by atoms with Gasteiger partial charge in [-0.25, -0.2) is 9.59 Å². The van der Waals surface area contributed by atoms with Crippen molar-refractivity contribution in [2.45, 2.75) is 148 Å². The van der Waals surface area contributed by atoms with Crippen molar-refractivity contribution in [2.24, 2.45) is 17.3 Å². The molecule has 4 aromatic carbocycles. The summed E-state index contributed by atoms with van der Waals surface area (Å²) in [6.07, 6.45) is 3.54. The first kappa shape index (κ1) is 71.2. The highest BCUT2D eigenvalue weighted by Crippen LogP contribution is 2.33. The third-order valence-corrected chi connectivity index (χ3v) is 16.5. The van der Waals surface area contributed by atoms with Crippen molar-refractivity contribution in [2.75, 3.05) is 60.4 Å². The van der Waals surface area contributed by atoms with Gasteiger partial charge < -0.3 is 54.5 Å². The summed E-state index contributed by atoms with van der Waals surface area (Å²) in [5, 5.41) is 8.75. The number of fused-ring (bicyclic) bond motifs is 3. The molecule has 0 aromatic heterocycles. The Morgan fingerprint density at radius 3 is 1.93 bits per heavy atom. The number of esters is 2. The molecule has 0 unspecified atom stereocenters. The Morgan fingerprint density at radius 2 is 1.31 bits per heavy atom. The fourth-order valence-electron chi connectivity index (χ4n) is 11.3. The minimum absolute atomic E-state index is 0.0283. The zero-order chi connectivity index (χ0) is 66.5. The van der Waals surface area contributed by atoms with Crippen LogP contribution in [0.15, 0.2) is 115 Å². The number of hydrogen-bond donors (Lipinski definition) is 3. The summed E-state index contributed by atoms with van der Waals surface area (Å²) in [6.45, 7) is 10.0. The van der Waals surface area contributed by atoms with Gasteiger partial charge in [0.05, 0.1) is 19.6 Å². The summed E-state index contributed by atoms with van der Waals surface area (Å²) in [6, 6.07) is 24.6. The molecule has 6 atom stereocenters. The van der Waals surface area contributed by atoms with E-state index in [9.17, 15) is 47.9 Å². The summed E-state index contributed by atoms with van der Waals surface area (Å²) in [5.74, 6) is -6.26. The SMILES string of the molecule is COc1ccc(CC[C@H]2OC(=O)[C@@H]3CCCCN3C(=O)C(=O)C(C)(C)COC(=O)C=CCCN(C)C(=O)[C@H](Cc3ccccc3)NC(=O)[C@H](C(C)C)N(C)C(=O)[C@@H](Cc3ccccc3)NC(=O)[C@H](CC(C)C)N(C)C(=O)CCC(=O)Nc3cccc2c3)cc1OC. The molecule has 7 amide bonds. The summed E-state index contributed by atoms with van der Waals surface area (Å²) in [4.78, 5) is 148. The van der Waals surface area contributed by atoms with Gasteiger partial charge in [0.25, 0.3) is 5.91 Å². The number of piperidine rings is 1. The lowest BCUT2D eigenvalue weighted by Gasteiger charge is -2.36. The van der Waals surface area contributed by atoms with Crippen LogP contribution in [-0.4, -0.2) is 164 Å². The normalized spacial score (nSPS) is 22.2. The van der Waals surface area contributed by atoms with Crippen LogP contribution in [0.5, 0.6) is 11.5 Å². The van der Waals surface area contributed by atoms with Gasteiger partial charge in [0.15, 0.2) is 11.5 Å². The average Bonchev–Trinajstić information content (AvgIpc) is 3.71. The number of ketones is 1. The molecule has 0 saturated carbocycles. The number of Topliss-reactive ketones (excluding diaryl/α,β-unsaturated/α-hetero) is 1. The Hall–Kier alpha value is -8.88. The molecule has 2 aliphatic rings. The van der Waals surface area contributed by atoms with Gasteiger partial charge in [0.1, 0.15) is 42.9 Å². The summed E-state index contributed by atoms with van der Waals surface area (Å²) in [7, 11) is 7.57. The molecule has 2 aliphatic heterocycles. The minimum Gasteiger partial charge on any atom is -0.493 e. The third-order valence-electron chi connectivity index (χ3n) is 16.5. The lowest BCUT2D eigenvalue weighted by atomic mass is 9.87. The molecule has 2 bridgehead atoms. The van der Waals surface area contributed by atoms with Crippen molar-refractivity contribution < 1.29 is 66.9 Å². The number of anilines is 1. The molecule has 3 N–H and O–H groups in total. The van der Waals surface area contributed by atoms with E-state index in [1.165, 1.54) is 67.8 Å². The van der Waals surface area contributed by atoms with Gasteiger partial charge in [-0.3, -0.25) is 38.4 Å². The second-order valence-corrected chi connectivity index (χ2v) is 24.9. The topological polar surface area (TPSA) is 257 Å². The van der Waals surface area contributed by atoms with Crippen LogP contribution in [-0.2, 0) is 76.7 Å². The van der Waals surface area contributed by atoms with Crippen LogP contribution in [0.4, 0.5) is 5.69 Å². The van der Waals surface area contributed by atoms with Crippen LogP contribution in [0.1, 0.15) is 121 Å². The van der Waals surface area contributed by atoms with E-state index in [1.54, 1.807) is 63.4 Å². The number of nitrogens with zero attached hydrogens (tertiary/aromatic N) is 4. The van der Waals surface area contributed by atoms with E-state index in [1.807, 2.05) is 74.5 Å². The van der Waals surface area contributed by atoms with E-state index in [0.717, 1.165) is 17.2 Å². The molecule has 0 aliphatic carbocycles. The predicted molar refractivity (Wildman–Crippen MR) is 343 cm³/mol. The standard InChI is InChI=1S/C70H91N7O14/c1-45(2)39-55-64(82)72-53(41-48-25-16-13-17-26-48)67(85)76(9)62(46(3)4)65(83)73-52(40-47-23-14-12-15-24-47)66(84)74(7)37-20-19-30-61(80)90-44-70(5,6)63(81)68(86)77-38-21-18-29-54(77)69(87)91-56(33-31-49-32-34-57(88-10)58(42-49)89-11)50-27-22-28-51(43-50)71-59(78)35-36-60(79)75(55)8/h12-17,19,22-28,30,32,34,42-43,45-46,52-56,62H,18,20-21,29,31,33,35-41,44H2,1-11H3,(H,71,78)(H,72,82)(H,73,83)/t52-,53+,54-,55-,56+,62-/m0/s1. The van der Waals surface area contributed by atoms with Crippen molar-refractivity contribution in [1.29, 1.82) is 0 Å². The fourth-order valence-corrected chi connectivity index (χ4v) is 11.3. The predicted octanol–water partition coefficient (Wildman–Crippen LogP) is 7.39. The molecule has 0 spiro atoms. The number of ether oxygens (including phenoxy) is 4. The number of aryl methyl sites for hydroxylation is 1. The number of likely N-dealkylation sites (N-methyl/N-ethyl adjacent to an activating group) is 3. The number of carbonyl (C=O) groups excluding carboxylic acids is 10. The van der Waals surface area contributed by atoms with Crippen molar-refractivity contribution >= 4 is 64.8 Å². The molecule has 21 heteroatoms. The fraction of sp³-hybridized carbons (Fsp3) is 0.486. The van der Waals surface area contributed by atoms with Crippen LogP contribution >= 0.6 is 0 Å². The second kappa shape index (κ2) is 33.8. The molecular formula is C70H91N7O14. The smallest absolute Gasteiger partial charge is 0.330 e. The number of rotatable bonds is 12. The van der Waals surface area contributed by atoms with E-state index in [4.69, 9.17) is 18.9 Å². The van der Waals surface area contributed by atoms with E-state index in [0.29, 0.717) is 47.6 Å². The van der Waals surface area contributed by atoms with Gasteiger partial charge in [0.2, 0.25) is 41.2 Å². The molecule has 490 valence electrons. The largest absolute Gasteiger partial charge is 0.493 e. The number of benzene rings is 4. The van der Waals surface area contributed by atoms with Crippen molar-refractivity contribution in [3.63, 3.8) is 0 Å². The quantitative estimate of drug-likeness (QED) is 0.0924. The first-order chi connectivity index (χ1) is 43.3. The van der Waals surface area contributed by atoms with Crippen LogP contribution in [0.2, 0.25) is 0 Å². The first-order valence-electron chi connectivity index (χ1n) is 31.3. The maximum atomic E-state index is 15.0. The highest BCUT2D eigenvalue weighted by Gasteiger charge is 2.43. The molecule has 2 heterocycles. The summed E-state index contributed by atoms with van der Waals surface area (Å²) < 4.78 is 22.9. The summed E-state index contributed by atoms with van der Waals surface area (Å²) in [5.41, 5.74) is 1.61. The zero-order valence-corrected chi connectivity index (χ0v) is 54.5. The van der Waals surface area contributed by atoms with E-state index in [2.05, 4.69) is 16.0 Å². The van der Waals surface area contributed by atoms with Crippen LogP contribution < -0.4 is 25.4 Å². The van der Waals surface area contributed by atoms with Gasteiger partial charge in [-0.1, -0.05) is 113 Å². The average molecular weight is 1250 g/mol. The van der Waals surface area contributed by atoms with E-state index < -0.39 is 113 Å². The Balaban J connectivity index is 1.33. The van der Waals surface area contributed by atoms with Gasteiger partial charge in [-0.15, -0.1) is 0 Å². The number of nitrogens with one attached hydrogen (secondary N) is 3. The highest BCUT2D eigenvalue weighted by atomic mass is 16.5. The molecule has 4 aromatic rings. The third kappa shape index (κ3) is 20.3. The molecule has 21 nitrogen and oxygen atoms in total. The zero-order valence-electron chi connectivity index (χ0n) is 54.5. The molecule has 6 rings (SSSR count). The number of cyclic esters (lactones) is 2. The van der Waals surface area contributed by atoms with Crippen molar-refractivity contribution in [3.05, 3.63) is 138 Å². The lowest BCUT2D eigenvalue weighted by Crippen LogP contribution is -2.60. The monoisotopic (exact) mass is 1250 g/mol. The number of amides is 7. The minimum atomic E-state index is -1.52. The maximum absolute atomic E-state index is 15.0. The Kier molecular flexibility index (Phi) is 26.4. The van der Waals surface area contributed by atoms with Gasteiger partial charge in [0, 0.05) is 71.7 Å². The number of hydrogen-bond acceptors (Lipinski definition) is 14. The van der Waals surface area contributed by atoms with Gasteiger partial charge in [-0.2, -0.15) is 0 Å². The molecule has 0 radical (unpaired) electrons. The van der Waals surface area contributed by atoms with Crippen molar-refractivity contribution in [1.82, 2.24) is 30.2 Å². The second-order valence-electron chi connectivity index (χ2n) is 24.9. The lowest BCUT2D eigenvalue weighted by molar-refractivity contribution is -0.165. The van der Waals surface area contributed by atoms with Crippen LogP contribution in [0, 0.1) is 17.3 Å². The maximum Gasteiger partial charge on any atom is 0.330 e. The first-order valence-corrected chi connectivity index (χ1v) is 31.3. The Morgan fingerprint density at radius 1 is 0.670 bits per heavy atom. The van der Waals surface area contributed by atoms with Gasteiger partial charge in [-0.05, 0) is 117 Å². The molecule has 91 heavy (non-hydrogen) atoms.